The summed E-state index contributed by atoms with van der Waals surface area (Å²) in [6.45, 7) is 5.58. The quantitative estimate of drug-likeness (QED) is 0.871. The van der Waals surface area contributed by atoms with Crippen LogP contribution >= 0.6 is 11.3 Å². The van der Waals surface area contributed by atoms with Gasteiger partial charge >= 0.3 is 0 Å². The highest BCUT2D eigenvalue weighted by Gasteiger charge is 2.17. The van der Waals surface area contributed by atoms with E-state index in [9.17, 15) is 0 Å². The largest absolute Gasteiger partial charge is 0.314 e. The van der Waals surface area contributed by atoms with E-state index >= 15 is 0 Å². The van der Waals surface area contributed by atoms with Crippen molar-refractivity contribution in [2.75, 3.05) is 6.54 Å². The minimum atomic E-state index is 0.761. The van der Waals surface area contributed by atoms with Gasteiger partial charge in [0.25, 0.3) is 0 Å². The van der Waals surface area contributed by atoms with E-state index in [-0.39, 0.29) is 0 Å². The van der Waals surface area contributed by atoms with E-state index in [1.54, 1.807) is 0 Å². The van der Waals surface area contributed by atoms with Crippen LogP contribution in [0.2, 0.25) is 0 Å². The van der Waals surface area contributed by atoms with Gasteiger partial charge in [0, 0.05) is 30.1 Å². The Hall–Kier alpha value is -0.410. The summed E-state index contributed by atoms with van der Waals surface area (Å²) in [5, 5.41) is 4.94. The Morgan fingerprint density at radius 1 is 1.38 bits per heavy atom. The molecule has 16 heavy (non-hydrogen) atoms. The molecule has 1 saturated carbocycles. The Balaban J connectivity index is 1.64. The third kappa shape index (κ3) is 3.56. The molecule has 1 heterocycles. The first-order valence-corrected chi connectivity index (χ1v) is 7.20. The highest BCUT2D eigenvalue weighted by atomic mass is 32.1. The smallest absolute Gasteiger partial charge is 0.0940 e. The molecule has 0 atom stereocenters. The Morgan fingerprint density at radius 3 is 2.75 bits per heavy atom. The number of aryl methyl sites for hydroxylation is 1. The van der Waals surface area contributed by atoms with Gasteiger partial charge in [-0.2, -0.15) is 0 Å². The third-order valence-corrected chi connectivity index (χ3v) is 4.43. The van der Waals surface area contributed by atoms with Crippen molar-refractivity contribution < 1.29 is 0 Å². The lowest BCUT2D eigenvalue weighted by Gasteiger charge is -2.26. The zero-order chi connectivity index (χ0) is 11.4. The standard InChI is InChI=1S/C13H22N2S/c1-10-3-5-12(6-4-10)14-8-7-13-15-9-11(2)16-13/h9-10,12,14H,3-8H2,1-2H3. The first-order chi connectivity index (χ1) is 7.74. The summed E-state index contributed by atoms with van der Waals surface area (Å²) in [6.07, 6.45) is 8.57. The van der Waals surface area contributed by atoms with Crippen LogP contribution in [0.3, 0.4) is 0 Å². The van der Waals surface area contributed by atoms with E-state index < -0.39 is 0 Å². The molecule has 0 spiro atoms. The van der Waals surface area contributed by atoms with Gasteiger partial charge in [0.05, 0.1) is 5.01 Å². The molecule has 1 aromatic rings. The topological polar surface area (TPSA) is 24.9 Å². The predicted octanol–water partition coefficient (Wildman–Crippen LogP) is 3.16. The molecule has 1 aliphatic carbocycles. The normalized spacial score (nSPS) is 25.9. The molecule has 90 valence electrons. The number of nitrogens with zero attached hydrogens (tertiary/aromatic N) is 1. The molecule has 1 aromatic heterocycles. The van der Waals surface area contributed by atoms with Crippen LogP contribution in [0.15, 0.2) is 6.20 Å². The van der Waals surface area contributed by atoms with Crippen molar-refractivity contribution in [2.45, 2.75) is 52.0 Å². The summed E-state index contributed by atoms with van der Waals surface area (Å²) in [5.41, 5.74) is 0. The second kappa shape index (κ2) is 5.78. The van der Waals surface area contributed by atoms with Crippen molar-refractivity contribution in [1.29, 1.82) is 0 Å². The van der Waals surface area contributed by atoms with Crippen molar-refractivity contribution in [2.24, 2.45) is 5.92 Å². The van der Waals surface area contributed by atoms with Crippen LogP contribution in [0.25, 0.3) is 0 Å². The lowest BCUT2D eigenvalue weighted by molar-refractivity contribution is 0.309. The highest BCUT2D eigenvalue weighted by Crippen LogP contribution is 2.23. The number of hydrogen-bond donors (Lipinski definition) is 1. The van der Waals surface area contributed by atoms with Crippen molar-refractivity contribution in [3.8, 4) is 0 Å². The van der Waals surface area contributed by atoms with E-state index in [4.69, 9.17) is 0 Å². The van der Waals surface area contributed by atoms with Crippen molar-refractivity contribution in [1.82, 2.24) is 10.3 Å². The number of hydrogen-bond acceptors (Lipinski definition) is 3. The predicted molar refractivity (Wildman–Crippen MR) is 70.0 cm³/mol. The Morgan fingerprint density at radius 2 is 2.12 bits per heavy atom. The maximum Gasteiger partial charge on any atom is 0.0940 e. The van der Waals surface area contributed by atoms with Gasteiger partial charge in [0.15, 0.2) is 0 Å². The highest BCUT2D eigenvalue weighted by molar-refractivity contribution is 7.11. The van der Waals surface area contributed by atoms with Gasteiger partial charge in [-0.3, -0.25) is 0 Å². The minimum Gasteiger partial charge on any atom is -0.314 e. The zero-order valence-corrected chi connectivity index (χ0v) is 11.1. The molecule has 0 aromatic carbocycles. The average molecular weight is 238 g/mol. The molecule has 1 aliphatic rings. The summed E-state index contributed by atoms with van der Waals surface area (Å²) in [6, 6.07) is 0.761. The Kier molecular flexibility index (Phi) is 4.36. The minimum absolute atomic E-state index is 0.761. The lowest BCUT2D eigenvalue weighted by atomic mass is 9.87. The van der Waals surface area contributed by atoms with Gasteiger partial charge in [-0.05, 0) is 38.5 Å². The maximum absolute atomic E-state index is 4.39. The van der Waals surface area contributed by atoms with Crippen molar-refractivity contribution in [3.05, 3.63) is 16.1 Å². The summed E-state index contributed by atoms with van der Waals surface area (Å²) in [5.74, 6) is 0.944. The van der Waals surface area contributed by atoms with Gasteiger partial charge in [-0.1, -0.05) is 6.92 Å². The molecule has 0 unspecified atom stereocenters. The summed E-state index contributed by atoms with van der Waals surface area (Å²) in [4.78, 5) is 5.71. The first kappa shape index (κ1) is 12.1. The molecular weight excluding hydrogens is 216 g/mol. The summed E-state index contributed by atoms with van der Waals surface area (Å²) >= 11 is 1.82. The monoisotopic (exact) mass is 238 g/mol. The number of aromatic nitrogens is 1. The van der Waals surface area contributed by atoms with Crippen LogP contribution in [-0.4, -0.2) is 17.6 Å². The molecule has 0 amide bonds. The van der Waals surface area contributed by atoms with E-state index in [2.05, 4.69) is 24.1 Å². The van der Waals surface area contributed by atoms with E-state index in [1.165, 1.54) is 35.6 Å². The Labute approximate surface area is 102 Å². The maximum atomic E-state index is 4.39. The van der Waals surface area contributed by atoms with Crippen LogP contribution in [0, 0.1) is 12.8 Å². The summed E-state index contributed by atoms with van der Waals surface area (Å²) < 4.78 is 0. The fourth-order valence-corrected chi connectivity index (χ4v) is 3.15. The van der Waals surface area contributed by atoms with Gasteiger partial charge in [-0.15, -0.1) is 11.3 Å². The van der Waals surface area contributed by atoms with E-state index in [0.29, 0.717) is 0 Å². The first-order valence-electron chi connectivity index (χ1n) is 6.38. The molecule has 2 rings (SSSR count). The van der Waals surface area contributed by atoms with Gasteiger partial charge in [-0.25, -0.2) is 4.98 Å². The zero-order valence-electron chi connectivity index (χ0n) is 10.3. The van der Waals surface area contributed by atoms with E-state index in [1.807, 2.05) is 17.5 Å². The fourth-order valence-electron chi connectivity index (χ4n) is 2.36. The van der Waals surface area contributed by atoms with Gasteiger partial charge in [0.1, 0.15) is 0 Å². The SMILES string of the molecule is Cc1cnc(CCNC2CCC(C)CC2)s1. The molecule has 0 bridgehead atoms. The van der Waals surface area contributed by atoms with E-state index in [0.717, 1.165) is 24.9 Å². The molecule has 0 aliphatic heterocycles. The molecule has 1 N–H and O–H groups in total. The Bertz CT molecular complexity index is 313. The molecule has 0 saturated heterocycles. The van der Waals surface area contributed by atoms with Crippen LogP contribution < -0.4 is 5.32 Å². The second-order valence-corrected chi connectivity index (χ2v) is 6.34. The molecule has 0 radical (unpaired) electrons. The fraction of sp³-hybridized carbons (Fsp3) is 0.769. The van der Waals surface area contributed by atoms with Crippen LogP contribution in [-0.2, 0) is 6.42 Å². The second-order valence-electron chi connectivity index (χ2n) is 5.03. The van der Waals surface area contributed by atoms with Crippen molar-refractivity contribution >= 4 is 11.3 Å². The summed E-state index contributed by atoms with van der Waals surface area (Å²) in [7, 11) is 0. The average Bonchev–Trinajstić information content (AvgIpc) is 2.67. The van der Waals surface area contributed by atoms with Crippen LogP contribution in [0.5, 0.6) is 0 Å². The number of nitrogens with one attached hydrogen (secondary N) is 1. The van der Waals surface area contributed by atoms with Gasteiger partial charge < -0.3 is 5.32 Å². The van der Waals surface area contributed by atoms with Gasteiger partial charge in [0.2, 0.25) is 0 Å². The molecule has 2 nitrogen and oxygen atoms in total. The number of rotatable bonds is 4. The third-order valence-electron chi connectivity index (χ3n) is 3.46. The molecular formula is C13H22N2S. The molecule has 1 fully saturated rings. The van der Waals surface area contributed by atoms with Crippen LogP contribution in [0.4, 0.5) is 0 Å². The number of thiazole rings is 1. The van der Waals surface area contributed by atoms with Crippen molar-refractivity contribution in [3.63, 3.8) is 0 Å². The lowest BCUT2D eigenvalue weighted by Crippen LogP contribution is -2.34. The van der Waals surface area contributed by atoms with Crippen LogP contribution in [0.1, 0.15) is 42.5 Å². The molecule has 3 heteroatoms.